The summed E-state index contributed by atoms with van der Waals surface area (Å²) in [7, 11) is 1.76. The van der Waals surface area contributed by atoms with Crippen LogP contribution in [0.5, 0.6) is 0 Å². The van der Waals surface area contributed by atoms with Crippen LogP contribution in [0.2, 0.25) is 0 Å². The number of hydrogen-bond acceptors (Lipinski definition) is 8. The van der Waals surface area contributed by atoms with Crippen LogP contribution in [0, 0.1) is 24.0 Å². The van der Waals surface area contributed by atoms with Gasteiger partial charge in [0.05, 0.1) is 10.6 Å². The molecule has 3 N–H and O–H groups in total. The molecule has 9 nitrogen and oxygen atoms in total. The molecule has 0 amide bonds. The molecule has 0 unspecified atom stereocenters. The van der Waals surface area contributed by atoms with Gasteiger partial charge in [0.25, 0.3) is 0 Å². The van der Waals surface area contributed by atoms with E-state index in [1.54, 1.807) is 18.7 Å². The molecule has 0 radical (unpaired) electrons. The maximum absolute atomic E-state index is 11.2. The summed E-state index contributed by atoms with van der Waals surface area (Å²) in [4.78, 5) is 18.6. The molecule has 20 heavy (non-hydrogen) atoms. The molecular formula is C10H13N7O2S. The second-order valence-electron chi connectivity index (χ2n) is 4.04. The lowest BCUT2D eigenvalue weighted by atomic mass is 10.4. The van der Waals surface area contributed by atoms with Gasteiger partial charge in [-0.1, -0.05) is 0 Å². The van der Waals surface area contributed by atoms with Crippen molar-refractivity contribution in [1.29, 1.82) is 0 Å². The molecule has 10 heteroatoms. The van der Waals surface area contributed by atoms with Crippen molar-refractivity contribution >= 4 is 23.4 Å². The van der Waals surface area contributed by atoms with Crippen molar-refractivity contribution in [1.82, 2.24) is 19.7 Å². The van der Waals surface area contributed by atoms with Crippen LogP contribution in [0.1, 0.15) is 11.4 Å². The van der Waals surface area contributed by atoms with Crippen LogP contribution in [0.4, 0.5) is 11.6 Å². The number of aromatic nitrogens is 4. The van der Waals surface area contributed by atoms with Crippen molar-refractivity contribution in [2.24, 2.45) is 12.9 Å². The summed E-state index contributed by atoms with van der Waals surface area (Å²) in [6.45, 7) is 3.38. The Morgan fingerprint density at radius 2 is 2.15 bits per heavy atom. The maximum Gasteiger partial charge on any atom is 0.322 e. The van der Waals surface area contributed by atoms with Gasteiger partial charge in [0.2, 0.25) is 5.95 Å². The molecule has 2 heterocycles. The number of hydrogen-bond donors (Lipinski definition) is 2. The van der Waals surface area contributed by atoms with E-state index in [-0.39, 0.29) is 22.4 Å². The molecule has 2 rings (SSSR count). The topological polar surface area (TPSA) is 125 Å². The van der Waals surface area contributed by atoms with Gasteiger partial charge in [0, 0.05) is 7.05 Å². The number of aryl methyl sites for hydroxylation is 3. The lowest BCUT2D eigenvalue weighted by Gasteiger charge is -2.06. The van der Waals surface area contributed by atoms with Crippen LogP contribution in [0.25, 0.3) is 0 Å². The van der Waals surface area contributed by atoms with Gasteiger partial charge in [0.1, 0.15) is 10.7 Å². The summed E-state index contributed by atoms with van der Waals surface area (Å²) >= 11 is 1.15. The minimum absolute atomic E-state index is 0.132. The number of nitrogens with two attached hydrogens (primary N) is 1. The monoisotopic (exact) mass is 295 g/mol. The molecule has 2 aromatic heterocycles. The Balaban J connectivity index is 2.51. The van der Waals surface area contributed by atoms with Crippen molar-refractivity contribution in [2.75, 3.05) is 5.43 Å². The first kappa shape index (κ1) is 14.2. The minimum atomic E-state index is -0.499. The predicted octanol–water partition coefficient (Wildman–Crippen LogP) is 1.17. The van der Waals surface area contributed by atoms with E-state index in [4.69, 9.17) is 5.84 Å². The van der Waals surface area contributed by atoms with E-state index in [1.165, 1.54) is 0 Å². The Morgan fingerprint density at radius 1 is 1.45 bits per heavy atom. The van der Waals surface area contributed by atoms with Crippen molar-refractivity contribution in [3.63, 3.8) is 0 Å². The third-order valence-electron chi connectivity index (χ3n) is 2.50. The first-order valence-electron chi connectivity index (χ1n) is 5.60. The third-order valence-corrected chi connectivity index (χ3v) is 3.57. The van der Waals surface area contributed by atoms with Gasteiger partial charge >= 0.3 is 5.69 Å². The molecule has 0 aliphatic heterocycles. The average molecular weight is 295 g/mol. The first-order chi connectivity index (χ1) is 9.42. The zero-order valence-electron chi connectivity index (χ0n) is 11.1. The van der Waals surface area contributed by atoms with Crippen LogP contribution < -0.4 is 11.3 Å². The van der Waals surface area contributed by atoms with Crippen LogP contribution in [-0.4, -0.2) is 24.7 Å². The van der Waals surface area contributed by atoms with E-state index >= 15 is 0 Å². The maximum atomic E-state index is 11.2. The zero-order chi connectivity index (χ0) is 14.9. The smallest absolute Gasteiger partial charge is 0.292 e. The lowest BCUT2D eigenvalue weighted by molar-refractivity contribution is -0.389. The van der Waals surface area contributed by atoms with E-state index in [2.05, 4.69) is 20.5 Å². The highest BCUT2D eigenvalue weighted by molar-refractivity contribution is 7.99. The van der Waals surface area contributed by atoms with Crippen LogP contribution in [0.15, 0.2) is 16.1 Å². The summed E-state index contributed by atoms with van der Waals surface area (Å²) in [6.07, 6.45) is 0. The Morgan fingerprint density at radius 3 is 2.65 bits per heavy atom. The predicted molar refractivity (Wildman–Crippen MR) is 73.3 cm³/mol. The van der Waals surface area contributed by atoms with Crippen molar-refractivity contribution in [3.8, 4) is 0 Å². The molecule has 106 valence electrons. The normalized spacial score (nSPS) is 10.6. The van der Waals surface area contributed by atoms with Crippen molar-refractivity contribution in [2.45, 2.75) is 23.9 Å². The van der Waals surface area contributed by atoms with Gasteiger partial charge in [-0.3, -0.25) is 20.2 Å². The average Bonchev–Trinajstić information content (AvgIpc) is 2.66. The molecule has 0 atom stereocenters. The van der Waals surface area contributed by atoms with E-state index in [0.717, 1.165) is 22.5 Å². The highest BCUT2D eigenvalue weighted by Crippen LogP contribution is 2.35. The zero-order valence-corrected chi connectivity index (χ0v) is 11.9. The van der Waals surface area contributed by atoms with Gasteiger partial charge in [-0.05, 0) is 31.7 Å². The molecule has 0 fully saturated rings. The summed E-state index contributed by atoms with van der Waals surface area (Å²) in [5.74, 6) is 5.40. The van der Waals surface area contributed by atoms with E-state index < -0.39 is 4.92 Å². The van der Waals surface area contributed by atoms with Gasteiger partial charge in [-0.25, -0.2) is 10.8 Å². The van der Waals surface area contributed by atoms with E-state index in [0.29, 0.717) is 0 Å². The van der Waals surface area contributed by atoms with Crippen LogP contribution in [-0.2, 0) is 7.05 Å². The van der Waals surface area contributed by atoms with Gasteiger partial charge in [-0.15, -0.1) is 0 Å². The molecule has 0 saturated carbocycles. The van der Waals surface area contributed by atoms with Gasteiger partial charge in [-0.2, -0.15) is 10.1 Å². The standard InChI is InChI=1S/C10H13N7O2S/c1-5-4-7(16(3)15-5)20-9-8(17(18)19)6(2)12-10(13-9)14-11/h4H,11H2,1-3H3,(H,12,13,14). The molecule has 2 aromatic rings. The molecule has 0 aliphatic carbocycles. The molecular weight excluding hydrogens is 282 g/mol. The highest BCUT2D eigenvalue weighted by Gasteiger charge is 2.23. The fourth-order valence-corrected chi connectivity index (χ4v) is 2.72. The SMILES string of the molecule is Cc1cc(Sc2nc(NN)nc(C)c2[N+](=O)[O-])n(C)n1. The number of nitrogen functional groups attached to an aromatic ring is 1. The largest absolute Gasteiger partial charge is 0.322 e. The number of nitrogens with one attached hydrogen (secondary N) is 1. The molecule has 0 aromatic carbocycles. The van der Waals surface area contributed by atoms with Crippen molar-refractivity contribution in [3.05, 3.63) is 27.6 Å². The fraction of sp³-hybridized carbons (Fsp3) is 0.300. The summed E-state index contributed by atoms with van der Waals surface area (Å²) < 4.78 is 1.64. The van der Waals surface area contributed by atoms with E-state index in [1.807, 2.05) is 13.0 Å². The highest BCUT2D eigenvalue weighted by atomic mass is 32.2. The Kier molecular flexibility index (Phi) is 3.86. The second kappa shape index (κ2) is 5.43. The number of nitro groups is 1. The molecule has 0 spiro atoms. The lowest BCUT2D eigenvalue weighted by Crippen LogP contribution is -2.12. The first-order valence-corrected chi connectivity index (χ1v) is 6.42. The van der Waals surface area contributed by atoms with Crippen LogP contribution >= 0.6 is 11.8 Å². The number of hydrazine groups is 1. The van der Waals surface area contributed by atoms with Crippen LogP contribution in [0.3, 0.4) is 0 Å². The molecule has 0 bridgehead atoms. The van der Waals surface area contributed by atoms with Gasteiger partial charge in [0.15, 0.2) is 5.03 Å². The number of rotatable bonds is 4. The van der Waals surface area contributed by atoms with Gasteiger partial charge < -0.3 is 0 Å². The number of anilines is 1. The minimum Gasteiger partial charge on any atom is -0.292 e. The van der Waals surface area contributed by atoms with Crippen molar-refractivity contribution < 1.29 is 4.92 Å². The summed E-state index contributed by atoms with van der Waals surface area (Å²) in [5.41, 5.74) is 3.24. The molecule has 0 saturated heterocycles. The quantitative estimate of drug-likeness (QED) is 0.372. The second-order valence-corrected chi connectivity index (χ2v) is 5.05. The number of nitrogens with zero attached hydrogens (tertiary/aromatic N) is 5. The Bertz CT molecular complexity index is 670. The fourth-order valence-electron chi connectivity index (χ4n) is 1.67. The molecule has 0 aliphatic rings. The summed E-state index contributed by atoms with van der Waals surface area (Å²) in [6, 6.07) is 1.82. The van der Waals surface area contributed by atoms with E-state index in [9.17, 15) is 10.1 Å². The Labute approximate surface area is 118 Å². The third kappa shape index (κ3) is 2.70. The summed E-state index contributed by atoms with van der Waals surface area (Å²) in [5, 5.41) is 16.3. The Hall–Kier alpha value is -2.20.